The molecule has 0 spiro atoms. The number of carbonyl (C=O) groups is 1. The Kier molecular flexibility index (Phi) is 7.04. The third kappa shape index (κ3) is 5.15. The average molecular weight is 472 g/mol. The minimum atomic E-state index is -3.85. The Labute approximate surface area is 199 Å². The molecule has 4 rings (SSSR count). The monoisotopic (exact) mass is 471 g/mol. The summed E-state index contributed by atoms with van der Waals surface area (Å²) in [4.78, 5) is 17.4. The van der Waals surface area contributed by atoms with Crippen LogP contribution in [0.3, 0.4) is 0 Å². The van der Waals surface area contributed by atoms with Gasteiger partial charge < -0.3 is 4.57 Å². The first kappa shape index (κ1) is 23.2. The van der Waals surface area contributed by atoms with Gasteiger partial charge in [0.05, 0.1) is 10.6 Å². The van der Waals surface area contributed by atoms with Crippen molar-refractivity contribution in [2.45, 2.75) is 18.4 Å². The van der Waals surface area contributed by atoms with Gasteiger partial charge in [-0.3, -0.25) is 9.10 Å². The van der Waals surface area contributed by atoms with Gasteiger partial charge in [-0.2, -0.15) is 4.99 Å². The molecule has 3 aromatic carbocycles. The molecule has 34 heavy (non-hydrogen) atoms. The van der Waals surface area contributed by atoms with Gasteiger partial charge >= 0.3 is 0 Å². The number of aromatic nitrogens is 1. The number of hydrogen-bond donors (Lipinski definition) is 0. The molecule has 0 N–H and O–H groups in total. The number of anilines is 1. The van der Waals surface area contributed by atoms with E-state index in [1.165, 1.54) is 16.4 Å². The van der Waals surface area contributed by atoms with E-state index in [0.29, 0.717) is 17.7 Å². The lowest BCUT2D eigenvalue weighted by molar-refractivity contribution is 0.0997. The van der Waals surface area contributed by atoms with Crippen LogP contribution < -0.4 is 9.79 Å². The van der Waals surface area contributed by atoms with Crippen LogP contribution in [-0.4, -0.2) is 25.4 Å². The fraction of sp³-hybridized carbons (Fsp3) is 0.111. The van der Waals surface area contributed by atoms with E-state index in [0.717, 1.165) is 5.56 Å². The molecule has 172 valence electrons. The van der Waals surface area contributed by atoms with Crippen molar-refractivity contribution in [3.63, 3.8) is 0 Å². The summed E-state index contributed by atoms with van der Waals surface area (Å²) in [6.45, 7) is 2.60. The Morgan fingerprint density at radius 2 is 1.53 bits per heavy atom. The van der Waals surface area contributed by atoms with Gasteiger partial charge in [0.1, 0.15) is 5.49 Å². The second-order valence-corrected chi connectivity index (χ2v) is 9.48. The van der Waals surface area contributed by atoms with E-state index >= 15 is 0 Å². The molecule has 0 atom stereocenters. The molecule has 0 bridgehead atoms. The van der Waals surface area contributed by atoms with Gasteiger partial charge in [-0.25, -0.2) is 8.42 Å². The van der Waals surface area contributed by atoms with Gasteiger partial charge in [0, 0.05) is 24.8 Å². The number of sulfonamides is 1. The number of pyridine rings is 1. The normalized spacial score (nSPS) is 11.9. The predicted octanol–water partition coefficient (Wildman–Crippen LogP) is 4.49. The maximum absolute atomic E-state index is 13.3. The van der Waals surface area contributed by atoms with Gasteiger partial charge in [0.25, 0.3) is 15.9 Å². The van der Waals surface area contributed by atoms with Crippen molar-refractivity contribution in [2.24, 2.45) is 4.99 Å². The lowest BCUT2D eigenvalue weighted by Gasteiger charge is -2.23. The molecule has 7 heteroatoms. The summed E-state index contributed by atoms with van der Waals surface area (Å²) in [7, 11) is -3.85. The number of para-hydroxylation sites is 1. The highest BCUT2D eigenvalue weighted by Gasteiger charge is 2.24. The van der Waals surface area contributed by atoms with Gasteiger partial charge in [0.15, 0.2) is 0 Å². The van der Waals surface area contributed by atoms with Crippen molar-refractivity contribution < 1.29 is 13.2 Å². The molecule has 1 heterocycles. The Hall–Kier alpha value is -3.97. The quantitative estimate of drug-likeness (QED) is 0.399. The van der Waals surface area contributed by atoms with E-state index in [1.54, 1.807) is 49.4 Å². The van der Waals surface area contributed by atoms with E-state index in [2.05, 4.69) is 4.99 Å². The summed E-state index contributed by atoms with van der Waals surface area (Å²) in [5.74, 6) is -0.507. The van der Waals surface area contributed by atoms with Crippen LogP contribution in [0.5, 0.6) is 0 Å². The third-order valence-corrected chi connectivity index (χ3v) is 7.23. The van der Waals surface area contributed by atoms with Crippen LogP contribution in [0.1, 0.15) is 22.8 Å². The Morgan fingerprint density at radius 1 is 0.853 bits per heavy atom. The Morgan fingerprint density at radius 3 is 2.24 bits per heavy atom. The number of carbonyl (C=O) groups excluding carboxylic acids is 1. The zero-order chi connectivity index (χ0) is 24.0. The van der Waals surface area contributed by atoms with Gasteiger partial charge in [-0.15, -0.1) is 0 Å². The summed E-state index contributed by atoms with van der Waals surface area (Å²) >= 11 is 0. The van der Waals surface area contributed by atoms with Crippen molar-refractivity contribution in [3.05, 3.63) is 126 Å². The minimum Gasteiger partial charge on any atom is -0.328 e. The van der Waals surface area contributed by atoms with Crippen molar-refractivity contribution in [1.29, 1.82) is 0 Å². The maximum Gasteiger partial charge on any atom is 0.278 e. The van der Waals surface area contributed by atoms with Crippen LogP contribution >= 0.6 is 0 Å². The number of nitrogens with zero attached hydrogens (tertiary/aromatic N) is 3. The second-order valence-electron chi connectivity index (χ2n) is 7.62. The van der Waals surface area contributed by atoms with Crippen LogP contribution in [0.2, 0.25) is 0 Å². The minimum absolute atomic E-state index is 0.0458. The van der Waals surface area contributed by atoms with Crippen molar-refractivity contribution in [3.8, 4) is 0 Å². The van der Waals surface area contributed by atoms with Crippen molar-refractivity contribution >= 4 is 21.6 Å². The highest BCUT2D eigenvalue weighted by atomic mass is 32.2. The van der Waals surface area contributed by atoms with Crippen LogP contribution in [0.4, 0.5) is 5.69 Å². The molecule has 0 radical (unpaired) electrons. The molecule has 0 aliphatic rings. The fourth-order valence-electron chi connectivity index (χ4n) is 3.65. The molecule has 6 nitrogen and oxygen atoms in total. The largest absolute Gasteiger partial charge is 0.328 e. The van der Waals surface area contributed by atoms with Crippen molar-refractivity contribution in [1.82, 2.24) is 4.57 Å². The second kappa shape index (κ2) is 10.3. The highest BCUT2D eigenvalue weighted by molar-refractivity contribution is 7.92. The van der Waals surface area contributed by atoms with E-state index in [9.17, 15) is 13.2 Å². The highest BCUT2D eigenvalue weighted by Crippen LogP contribution is 2.24. The van der Waals surface area contributed by atoms with Gasteiger partial charge in [-0.05, 0) is 55.0 Å². The standard InChI is InChI=1S/C27H25N3O3S/c1-2-30(24-15-7-4-8-16-24)34(32,33)25-17-11-14-23(20-25)27(31)28-26-18-9-10-19-29(26)21-22-12-5-3-6-13-22/h3-20H,2,21H2,1H3. The molecular formula is C27H25N3O3S. The number of amides is 1. The zero-order valence-corrected chi connectivity index (χ0v) is 19.6. The molecule has 1 amide bonds. The lowest BCUT2D eigenvalue weighted by atomic mass is 10.2. The molecule has 1 aromatic heterocycles. The number of benzene rings is 3. The first-order valence-electron chi connectivity index (χ1n) is 11.0. The summed E-state index contributed by atoms with van der Waals surface area (Å²) in [6.07, 6.45) is 1.86. The molecule has 0 saturated heterocycles. The average Bonchev–Trinajstić information content (AvgIpc) is 2.87. The van der Waals surface area contributed by atoms with E-state index in [4.69, 9.17) is 0 Å². The van der Waals surface area contributed by atoms with Crippen LogP contribution in [0, 0.1) is 0 Å². The summed E-state index contributed by atoms with van der Waals surface area (Å²) in [5, 5.41) is 0. The Balaban J connectivity index is 1.66. The van der Waals surface area contributed by atoms with Gasteiger partial charge in [0.2, 0.25) is 0 Å². The van der Waals surface area contributed by atoms with E-state index < -0.39 is 15.9 Å². The van der Waals surface area contributed by atoms with Crippen LogP contribution in [0.15, 0.2) is 119 Å². The molecule has 0 aliphatic heterocycles. The van der Waals surface area contributed by atoms with Crippen LogP contribution in [-0.2, 0) is 16.6 Å². The molecule has 4 aromatic rings. The number of hydrogen-bond acceptors (Lipinski definition) is 3. The summed E-state index contributed by atoms with van der Waals surface area (Å²) in [5.41, 5.74) is 2.35. The molecule has 0 unspecified atom stereocenters. The fourth-order valence-corrected chi connectivity index (χ4v) is 5.17. The summed E-state index contributed by atoms with van der Waals surface area (Å²) in [6, 6.07) is 30.3. The number of rotatable bonds is 7. The smallest absolute Gasteiger partial charge is 0.278 e. The lowest BCUT2D eigenvalue weighted by Crippen LogP contribution is -2.30. The molecule has 0 saturated carbocycles. The molecule has 0 aliphatic carbocycles. The van der Waals surface area contributed by atoms with E-state index in [-0.39, 0.29) is 17.0 Å². The summed E-state index contributed by atoms with van der Waals surface area (Å²) < 4.78 is 29.9. The van der Waals surface area contributed by atoms with Crippen LogP contribution in [0.25, 0.3) is 0 Å². The first-order chi connectivity index (χ1) is 16.5. The van der Waals surface area contributed by atoms with Gasteiger partial charge in [-0.1, -0.05) is 60.7 Å². The molecule has 0 fully saturated rings. The topological polar surface area (TPSA) is 71.7 Å². The Bertz CT molecular complexity index is 1450. The SMILES string of the molecule is CCN(c1ccccc1)S(=O)(=O)c1cccc(C(=O)N=c2ccccn2Cc2ccccc2)c1. The third-order valence-electron chi connectivity index (χ3n) is 5.33. The van der Waals surface area contributed by atoms with E-state index in [1.807, 2.05) is 59.3 Å². The maximum atomic E-state index is 13.3. The van der Waals surface area contributed by atoms with Crippen molar-refractivity contribution in [2.75, 3.05) is 10.8 Å². The molecular weight excluding hydrogens is 446 g/mol. The predicted molar refractivity (Wildman–Crippen MR) is 133 cm³/mol. The first-order valence-corrected chi connectivity index (χ1v) is 12.4. The zero-order valence-electron chi connectivity index (χ0n) is 18.8.